The molecule has 6 nitrogen and oxygen atoms in total. The highest BCUT2D eigenvalue weighted by Gasteiger charge is 2.35. The van der Waals surface area contributed by atoms with E-state index in [1.165, 1.54) is 0 Å². The maximum absolute atomic E-state index is 13.0. The lowest BCUT2D eigenvalue weighted by Crippen LogP contribution is -2.46. The largest absolute Gasteiger partial charge is 0.468 e. The minimum Gasteiger partial charge on any atom is -0.468 e. The van der Waals surface area contributed by atoms with Crippen LogP contribution in [-0.4, -0.2) is 38.4 Å². The number of rotatable bonds is 4. The van der Waals surface area contributed by atoms with Gasteiger partial charge in [-0.1, -0.05) is 5.21 Å². The molecule has 0 bridgehead atoms. The Bertz CT molecular complexity index is 645. The summed E-state index contributed by atoms with van der Waals surface area (Å²) in [7, 11) is 0. The molecule has 4 rings (SSSR count). The van der Waals surface area contributed by atoms with Crippen LogP contribution in [0, 0.1) is 0 Å². The summed E-state index contributed by atoms with van der Waals surface area (Å²) in [6.45, 7) is 1.52. The lowest BCUT2D eigenvalue weighted by atomic mass is 10.0. The number of likely N-dealkylation sites (tertiary alicyclic amines) is 1. The topological polar surface area (TPSA) is 64.2 Å². The van der Waals surface area contributed by atoms with E-state index in [4.69, 9.17) is 4.42 Å². The van der Waals surface area contributed by atoms with Gasteiger partial charge in [0.25, 0.3) is 5.91 Å². The number of hydrogen-bond donors (Lipinski definition) is 0. The van der Waals surface area contributed by atoms with Gasteiger partial charge in [-0.05, 0) is 38.2 Å². The van der Waals surface area contributed by atoms with Crippen LogP contribution in [0.4, 0.5) is 0 Å². The van der Waals surface area contributed by atoms with E-state index in [-0.39, 0.29) is 11.9 Å². The van der Waals surface area contributed by atoms with Crippen LogP contribution in [0.5, 0.6) is 0 Å². The highest BCUT2D eigenvalue weighted by atomic mass is 16.3. The fraction of sp³-hybridized carbons (Fsp3) is 0.562. The van der Waals surface area contributed by atoms with Crippen molar-refractivity contribution in [2.24, 2.45) is 0 Å². The molecule has 1 amide bonds. The first-order valence-corrected chi connectivity index (χ1v) is 8.05. The van der Waals surface area contributed by atoms with Gasteiger partial charge in [-0.3, -0.25) is 9.48 Å². The molecule has 116 valence electrons. The highest BCUT2D eigenvalue weighted by molar-refractivity contribution is 5.95. The number of furan rings is 1. The van der Waals surface area contributed by atoms with Gasteiger partial charge in [0, 0.05) is 18.7 Å². The Morgan fingerprint density at radius 3 is 3.00 bits per heavy atom. The Morgan fingerprint density at radius 2 is 2.23 bits per heavy atom. The zero-order valence-electron chi connectivity index (χ0n) is 12.5. The summed E-state index contributed by atoms with van der Waals surface area (Å²) in [5.74, 6) is 1.45. The SMILES string of the molecule is O=C(c1ccoc1C1CC1)N1CCCCC1Cn1ccnn1. The molecule has 2 aromatic rings. The second-order valence-corrected chi connectivity index (χ2v) is 6.25. The van der Waals surface area contributed by atoms with Gasteiger partial charge < -0.3 is 9.32 Å². The minimum absolute atomic E-state index is 0.112. The molecular formula is C16H20N4O2. The van der Waals surface area contributed by atoms with Crippen molar-refractivity contribution in [3.63, 3.8) is 0 Å². The molecule has 1 atom stereocenters. The van der Waals surface area contributed by atoms with Gasteiger partial charge in [0.15, 0.2) is 0 Å². The van der Waals surface area contributed by atoms with E-state index >= 15 is 0 Å². The van der Waals surface area contributed by atoms with Crippen molar-refractivity contribution in [1.29, 1.82) is 0 Å². The van der Waals surface area contributed by atoms with Crippen molar-refractivity contribution >= 4 is 5.91 Å². The third kappa shape index (κ3) is 2.53. The molecule has 0 radical (unpaired) electrons. The second-order valence-electron chi connectivity index (χ2n) is 6.25. The van der Waals surface area contributed by atoms with Crippen LogP contribution in [-0.2, 0) is 6.54 Å². The molecule has 22 heavy (non-hydrogen) atoms. The zero-order valence-corrected chi connectivity index (χ0v) is 12.5. The fourth-order valence-corrected chi connectivity index (χ4v) is 3.32. The minimum atomic E-state index is 0.112. The molecule has 0 N–H and O–H groups in total. The first-order chi connectivity index (χ1) is 10.8. The monoisotopic (exact) mass is 300 g/mol. The van der Waals surface area contributed by atoms with Crippen LogP contribution in [0.15, 0.2) is 29.1 Å². The maximum Gasteiger partial charge on any atom is 0.257 e. The Morgan fingerprint density at radius 1 is 1.32 bits per heavy atom. The molecule has 0 spiro atoms. The van der Waals surface area contributed by atoms with Crippen LogP contribution in [0.25, 0.3) is 0 Å². The van der Waals surface area contributed by atoms with Gasteiger partial charge in [0.2, 0.25) is 0 Å². The Labute approximate surface area is 129 Å². The number of nitrogens with zero attached hydrogens (tertiary/aromatic N) is 4. The maximum atomic E-state index is 13.0. The Kier molecular flexibility index (Phi) is 3.44. The van der Waals surface area contributed by atoms with Gasteiger partial charge >= 0.3 is 0 Å². The van der Waals surface area contributed by atoms with Gasteiger partial charge in [0.1, 0.15) is 5.76 Å². The molecule has 1 aliphatic heterocycles. The number of carbonyl (C=O) groups excluding carboxylic acids is 1. The van der Waals surface area contributed by atoms with Crippen LogP contribution in [0.1, 0.15) is 54.1 Å². The van der Waals surface area contributed by atoms with Crippen molar-refractivity contribution in [2.75, 3.05) is 6.54 Å². The normalized spacial score (nSPS) is 22.0. The standard InChI is InChI=1S/C16H20N4O2/c21-16(14-6-10-22-15(14)12-4-5-12)20-8-2-1-3-13(20)11-19-9-7-17-18-19/h6-7,9-10,12-13H,1-5,8,11H2. The van der Waals surface area contributed by atoms with Gasteiger partial charge in [0.05, 0.1) is 30.6 Å². The average Bonchev–Trinajstić information content (AvgIpc) is 3.05. The molecule has 1 unspecified atom stereocenters. The second kappa shape index (κ2) is 5.59. The molecule has 1 aliphatic carbocycles. The molecule has 2 aliphatic rings. The fourth-order valence-electron chi connectivity index (χ4n) is 3.32. The summed E-state index contributed by atoms with van der Waals surface area (Å²) in [4.78, 5) is 15.0. The van der Waals surface area contributed by atoms with Crippen molar-refractivity contribution in [1.82, 2.24) is 19.9 Å². The van der Waals surface area contributed by atoms with Crippen molar-refractivity contribution in [2.45, 2.75) is 50.6 Å². The lowest BCUT2D eigenvalue weighted by molar-refractivity contribution is 0.0580. The third-order valence-corrected chi connectivity index (χ3v) is 4.63. The van der Waals surface area contributed by atoms with Crippen molar-refractivity contribution in [3.05, 3.63) is 36.0 Å². The van der Waals surface area contributed by atoms with E-state index in [2.05, 4.69) is 10.3 Å². The quantitative estimate of drug-likeness (QED) is 0.870. The summed E-state index contributed by atoms with van der Waals surface area (Å²) in [5, 5.41) is 7.88. The summed E-state index contributed by atoms with van der Waals surface area (Å²) < 4.78 is 7.38. The molecule has 1 saturated heterocycles. The summed E-state index contributed by atoms with van der Waals surface area (Å²) in [6, 6.07) is 2.02. The molecule has 0 aromatic carbocycles. The van der Waals surface area contributed by atoms with Crippen LogP contribution < -0.4 is 0 Å². The number of hydrogen-bond acceptors (Lipinski definition) is 4. The molecule has 1 saturated carbocycles. The first kappa shape index (κ1) is 13.5. The van der Waals surface area contributed by atoms with E-state index < -0.39 is 0 Å². The smallest absolute Gasteiger partial charge is 0.257 e. The summed E-state index contributed by atoms with van der Waals surface area (Å²) in [6.07, 6.45) is 10.7. The predicted octanol–water partition coefficient (Wildman–Crippen LogP) is 2.44. The molecular weight excluding hydrogens is 280 g/mol. The molecule has 2 aromatic heterocycles. The van der Waals surface area contributed by atoms with E-state index in [1.54, 1.807) is 12.5 Å². The number of piperidine rings is 1. The van der Waals surface area contributed by atoms with Gasteiger partial charge in [-0.15, -0.1) is 5.10 Å². The van der Waals surface area contributed by atoms with Gasteiger partial charge in [-0.25, -0.2) is 0 Å². The van der Waals surface area contributed by atoms with E-state index in [1.807, 2.05) is 21.8 Å². The van der Waals surface area contributed by atoms with E-state index in [9.17, 15) is 4.79 Å². The Balaban J connectivity index is 1.55. The predicted molar refractivity (Wildman–Crippen MR) is 79.4 cm³/mol. The van der Waals surface area contributed by atoms with Gasteiger partial charge in [-0.2, -0.15) is 0 Å². The summed E-state index contributed by atoms with van der Waals surface area (Å²) >= 11 is 0. The Hall–Kier alpha value is -2.11. The number of carbonyl (C=O) groups is 1. The van der Waals surface area contributed by atoms with E-state index in [0.717, 1.165) is 50.0 Å². The zero-order chi connectivity index (χ0) is 14.9. The van der Waals surface area contributed by atoms with Crippen molar-refractivity contribution < 1.29 is 9.21 Å². The van der Waals surface area contributed by atoms with Crippen molar-refractivity contribution in [3.8, 4) is 0 Å². The molecule has 2 fully saturated rings. The average molecular weight is 300 g/mol. The number of aromatic nitrogens is 3. The van der Waals surface area contributed by atoms with Crippen LogP contribution >= 0.6 is 0 Å². The van der Waals surface area contributed by atoms with Crippen LogP contribution in [0.3, 0.4) is 0 Å². The van der Waals surface area contributed by atoms with Crippen LogP contribution in [0.2, 0.25) is 0 Å². The lowest BCUT2D eigenvalue weighted by Gasteiger charge is -2.35. The van der Waals surface area contributed by atoms with E-state index in [0.29, 0.717) is 12.5 Å². The molecule has 6 heteroatoms. The first-order valence-electron chi connectivity index (χ1n) is 8.05. The third-order valence-electron chi connectivity index (χ3n) is 4.63. The molecule has 3 heterocycles. The highest BCUT2D eigenvalue weighted by Crippen LogP contribution is 2.42. The summed E-state index contributed by atoms with van der Waals surface area (Å²) in [5.41, 5.74) is 0.757. The number of amides is 1.